The molecule has 0 N–H and O–H groups in total. The molecule has 1 aliphatic heterocycles. The fourth-order valence-electron chi connectivity index (χ4n) is 3.89. The summed E-state index contributed by atoms with van der Waals surface area (Å²) in [6, 6.07) is 23.5. The number of sulfone groups is 1. The molecule has 2 atom stereocenters. The molecule has 0 aliphatic carbocycles. The first-order valence-electron chi connectivity index (χ1n) is 10.3. The summed E-state index contributed by atoms with van der Waals surface area (Å²) >= 11 is 0. The molecule has 1 fully saturated rings. The van der Waals surface area contributed by atoms with Crippen LogP contribution in [0, 0.1) is 6.92 Å². The van der Waals surface area contributed by atoms with Gasteiger partial charge in [0.15, 0.2) is 9.84 Å². The first kappa shape index (κ1) is 21.8. The van der Waals surface area contributed by atoms with Crippen molar-refractivity contribution in [3.05, 3.63) is 102 Å². The van der Waals surface area contributed by atoms with Gasteiger partial charge in [-0.15, -0.1) is 0 Å². The number of esters is 1. The second-order valence-corrected chi connectivity index (χ2v) is 9.99. The third kappa shape index (κ3) is 4.73. The van der Waals surface area contributed by atoms with E-state index in [0.29, 0.717) is 16.8 Å². The van der Waals surface area contributed by atoms with Gasteiger partial charge in [0.05, 0.1) is 23.1 Å². The second-order valence-electron chi connectivity index (χ2n) is 7.83. The Kier molecular flexibility index (Phi) is 6.10. The van der Waals surface area contributed by atoms with Crippen LogP contribution in [0.2, 0.25) is 0 Å². The number of aryl methyl sites for hydroxylation is 1. The van der Waals surface area contributed by atoms with E-state index in [2.05, 4.69) is 0 Å². The summed E-state index contributed by atoms with van der Waals surface area (Å²) in [5.74, 6) is -1.58. The van der Waals surface area contributed by atoms with Crippen LogP contribution in [0.1, 0.15) is 26.3 Å². The highest BCUT2D eigenvalue weighted by Gasteiger charge is 2.46. The lowest BCUT2D eigenvalue weighted by molar-refractivity contribution is 0.0314. The van der Waals surface area contributed by atoms with Crippen molar-refractivity contribution in [1.82, 2.24) is 0 Å². The van der Waals surface area contributed by atoms with Crippen LogP contribution in [0.4, 0.5) is 5.69 Å². The number of benzene rings is 3. The van der Waals surface area contributed by atoms with Crippen LogP contribution in [0.3, 0.4) is 0 Å². The molecule has 0 radical (unpaired) electrons. The van der Waals surface area contributed by atoms with Crippen LogP contribution < -0.4 is 4.90 Å². The molecule has 0 saturated carbocycles. The number of hydrogen-bond donors (Lipinski definition) is 0. The highest BCUT2D eigenvalue weighted by Crippen LogP contribution is 2.29. The lowest BCUT2D eigenvalue weighted by Gasteiger charge is -2.32. The van der Waals surface area contributed by atoms with Crippen molar-refractivity contribution in [2.75, 3.05) is 16.4 Å². The molecule has 0 spiro atoms. The van der Waals surface area contributed by atoms with Crippen LogP contribution in [-0.4, -0.2) is 43.9 Å². The summed E-state index contributed by atoms with van der Waals surface area (Å²) in [5, 5.41) is 0. The van der Waals surface area contributed by atoms with E-state index in [1.54, 1.807) is 66.7 Å². The summed E-state index contributed by atoms with van der Waals surface area (Å²) in [4.78, 5) is 27.7. The number of amides is 1. The molecule has 3 aromatic carbocycles. The van der Waals surface area contributed by atoms with Gasteiger partial charge < -0.3 is 9.64 Å². The standard InChI is InChI=1S/C25H23NO5S/c1-18-9-8-14-21(15-18)26(24(27)19-10-4-2-5-11-19)22-16-32(29,30)17-23(22)31-25(28)20-12-6-3-7-13-20/h2-15,22-23H,16-17H2,1H3/t22-,23+/m1/s1. The molecular weight excluding hydrogens is 426 g/mol. The molecule has 1 amide bonds. The number of rotatable bonds is 5. The topological polar surface area (TPSA) is 80.8 Å². The summed E-state index contributed by atoms with van der Waals surface area (Å²) in [6.07, 6.45) is -0.985. The molecule has 3 aromatic rings. The fourth-order valence-corrected chi connectivity index (χ4v) is 5.70. The van der Waals surface area contributed by atoms with Crippen LogP contribution >= 0.6 is 0 Å². The normalized spacial score (nSPS) is 19.3. The molecule has 6 nitrogen and oxygen atoms in total. The lowest BCUT2D eigenvalue weighted by Crippen LogP contribution is -2.48. The van der Waals surface area contributed by atoms with Crippen molar-refractivity contribution in [3.8, 4) is 0 Å². The average Bonchev–Trinajstić information content (AvgIpc) is 3.08. The van der Waals surface area contributed by atoms with Gasteiger partial charge in [-0.1, -0.05) is 48.5 Å². The molecule has 7 heteroatoms. The van der Waals surface area contributed by atoms with E-state index >= 15 is 0 Å². The number of carbonyl (C=O) groups is 2. The van der Waals surface area contributed by atoms with Crippen LogP contribution in [0.5, 0.6) is 0 Å². The quantitative estimate of drug-likeness (QED) is 0.556. The third-order valence-corrected chi connectivity index (χ3v) is 7.08. The van der Waals surface area contributed by atoms with Gasteiger partial charge in [-0.05, 0) is 48.9 Å². The molecule has 4 rings (SSSR count). The Bertz CT molecular complexity index is 1230. The number of ether oxygens (including phenoxy) is 1. The summed E-state index contributed by atoms with van der Waals surface area (Å²) in [6.45, 7) is 1.90. The van der Waals surface area contributed by atoms with E-state index in [0.717, 1.165) is 5.56 Å². The third-order valence-electron chi connectivity index (χ3n) is 5.39. The lowest BCUT2D eigenvalue weighted by atomic mass is 10.1. The van der Waals surface area contributed by atoms with Gasteiger partial charge in [-0.25, -0.2) is 13.2 Å². The smallest absolute Gasteiger partial charge is 0.338 e. The molecule has 0 unspecified atom stereocenters. The van der Waals surface area contributed by atoms with Gasteiger partial charge in [0.25, 0.3) is 5.91 Å². The zero-order chi connectivity index (χ0) is 22.7. The second kappa shape index (κ2) is 8.96. The van der Waals surface area contributed by atoms with E-state index in [1.165, 1.54) is 4.90 Å². The molecular formula is C25H23NO5S. The Morgan fingerprint density at radius 1 is 0.844 bits per heavy atom. The average molecular weight is 450 g/mol. The van der Waals surface area contributed by atoms with Crippen LogP contribution in [0.25, 0.3) is 0 Å². The maximum Gasteiger partial charge on any atom is 0.338 e. The maximum absolute atomic E-state index is 13.5. The monoisotopic (exact) mass is 449 g/mol. The molecule has 1 heterocycles. The number of nitrogens with zero attached hydrogens (tertiary/aromatic N) is 1. The fraction of sp³-hybridized carbons (Fsp3) is 0.200. The Morgan fingerprint density at radius 3 is 2.09 bits per heavy atom. The first-order valence-corrected chi connectivity index (χ1v) is 12.1. The zero-order valence-corrected chi connectivity index (χ0v) is 18.4. The van der Waals surface area contributed by atoms with Gasteiger partial charge in [-0.3, -0.25) is 4.79 Å². The highest BCUT2D eigenvalue weighted by atomic mass is 32.2. The largest absolute Gasteiger partial charge is 0.455 e. The summed E-state index contributed by atoms with van der Waals surface area (Å²) < 4.78 is 30.9. The Morgan fingerprint density at radius 2 is 1.47 bits per heavy atom. The van der Waals surface area contributed by atoms with Crippen molar-refractivity contribution in [3.63, 3.8) is 0 Å². The molecule has 0 aromatic heterocycles. The predicted molar refractivity (Wildman–Crippen MR) is 123 cm³/mol. The minimum atomic E-state index is -3.52. The Hall–Kier alpha value is -3.45. The van der Waals surface area contributed by atoms with Gasteiger partial charge in [-0.2, -0.15) is 0 Å². The molecule has 1 saturated heterocycles. The minimum Gasteiger partial charge on any atom is -0.455 e. The van der Waals surface area contributed by atoms with Crippen LogP contribution in [-0.2, 0) is 14.6 Å². The number of hydrogen-bond acceptors (Lipinski definition) is 5. The van der Waals surface area contributed by atoms with Gasteiger partial charge >= 0.3 is 5.97 Å². The molecule has 0 bridgehead atoms. The van der Waals surface area contributed by atoms with Crippen molar-refractivity contribution in [2.45, 2.75) is 19.1 Å². The maximum atomic E-state index is 13.5. The van der Waals surface area contributed by atoms with E-state index in [-0.39, 0.29) is 17.4 Å². The Labute approximate surface area is 187 Å². The van der Waals surface area contributed by atoms with Gasteiger partial charge in [0, 0.05) is 11.3 Å². The van der Waals surface area contributed by atoms with Gasteiger partial charge in [0.2, 0.25) is 0 Å². The first-order chi connectivity index (χ1) is 15.3. The SMILES string of the molecule is Cc1cccc(N(C(=O)c2ccccc2)[C@@H]2CS(=O)(=O)C[C@@H]2OC(=O)c2ccccc2)c1. The molecule has 32 heavy (non-hydrogen) atoms. The number of carbonyl (C=O) groups excluding carboxylic acids is 2. The van der Waals surface area contributed by atoms with Gasteiger partial charge in [0.1, 0.15) is 6.10 Å². The van der Waals surface area contributed by atoms with Crippen molar-refractivity contribution in [1.29, 1.82) is 0 Å². The highest BCUT2D eigenvalue weighted by molar-refractivity contribution is 7.91. The molecule has 164 valence electrons. The van der Waals surface area contributed by atoms with E-state index in [9.17, 15) is 18.0 Å². The van der Waals surface area contributed by atoms with Crippen molar-refractivity contribution in [2.24, 2.45) is 0 Å². The minimum absolute atomic E-state index is 0.285. The Balaban J connectivity index is 1.73. The summed E-state index contributed by atoms with van der Waals surface area (Å²) in [7, 11) is -3.52. The van der Waals surface area contributed by atoms with Crippen LogP contribution in [0.15, 0.2) is 84.9 Å². The zero-order valence-electron chi connectivity index (χ0n) is 17.5. The molecule has 1 aliphatic rings. The van der Waals surface area contributed by atoms with E-state index in [1.807, 2.05) is 25.1 Å². The number of anilines is 1. The summed E-state index contributed by atoms with van der Waals surface area (Å²) in [5.41, 5.74) is 2.23. The van der Waals surface area contributed by atoms with Crippen molar-refractivity contribution >= 4 is 27.4 Å². The predicted octanol–water partition coefficient (Wildman–Crippen LogP) is 3.66. The van der Waals surface area contributed by atoms with E-state index < -0.39 is 28.0 Å². The van der Waals surface area contributed by atoms with E-state index in [4.69, 9.17) is 4.74 Å². The van der Waals surface area contributed by atoms with Crippen molar-refractivity contribution < 1.29 is 22.7 Å².